The second-order valence-corrected chi connectivity index (χ2v) is 7.55. The average Bonchev–Trinajstić information content (AvgIpc) is 2.28. The molecule has 0 radical (unpaired) electrons. The van der Waals surface area contributed by atoms with Crippen LogP contribution >= 0.6 is 0 Å². The number of nitrogens with zero attached hydrogens (tertiary/aromatic N) is 1. The Kier molecular flexibility index (Phi) is 4.71. The maximum Gasteiger partial charge on any atom is 0.0197 e. The number of rotatable bonds is 3. The molecule has 2 rings (SSSR count). The molecule has 1 unspecified atom stereocenters. The van der Waals surface area contributed by atoms with Crippen LogP contribution in [0.25, 0.3) is 0 Å². The molecule has 1 N–H and O–H groups in total. The Balaban J connectivity index is 1.82. The third-order valence-electron chi connectivity index (χ3n) is 4.85. The van der Waals surface area contributed by atoms with Gasteiger partial charge in [-0.25, -0.2) is 0 Å². The third-order valence-corrected chi connectivity index (χ3v) is 4.85. The smallest absolute Gasteiger partial charge is 0.0197 e. The highest BCUT2D eigenvalue weighted by atomic mass is 15.2. The van der Waals surface area contributed by atoms with Crippen molar-refractivity contribution in [3.05, 3.63) is 0 Å². The van der Waals surface area contributed by atoms with Gasteiger partial charge in [-0.2, -0.15) is 0 Å². The van der Waals surface area contributed by atoms with Crippen LogP contribution in [-0.2, 0) is 0 Å². The van der Waals surface area contributed by atoms with Gasteiger partial charge in [0.1, 0.15) is 0 Å². The van der Waals surface area contributed by atoms with Crippen LogP contribution < -0.4 is 5.32 Å². The molecule has 0 aromatic carbocycles. The summed E-state index contributed by atoms with van der Waals surface area (Å²) in [6.45, 7) is 12.0. The highest BCUT2D eigenvalue weighted by Gasteiger charge is 2.32. The van der Waals surface area contributed by atoms with Crippen molar-refractivity contribution < 1.29 is 0 Å². The summed E-state index contributed by atoms with van der Waals surface area (Å²) in [4.78, 5) is 2.78. The van der Waals surface area contributed by atoms with E-state index in [1.807, 2.05) is 0 Å². The largest absolute Gasteiger partial charge is 0.311 e. The molecule has 2 aliphatic rings. The zero-order valence-corrected chi connectivity index (χ0v) is 12.8. The van der Waals surface area contributed by atoms with Gasteiger partial charge in [-0.05, 0) is 50.5 Å². The molecule has 2 fully saturated rings. The van der Waals surface area contributed by atoms with E-state index in [1.165, 1.54) is 51.6 Å². The summed E-state index contributed by atoms with van der Waals surface area (Å²) in [6.07, 6.45) is 8.41. The van der Waals surface area contributed by atoms with Gasteiger partial charge in [-0.15, -0.1) is 0 Å². The number of likely N-dealkylation sites (tertiary alicyclic amines) is 1. The SMILES string of the molecule is CC(C)NC1CCCN(C2CCC(C)(C)CC2)C1. The van der Waals surface area contributed by atoms with Crippen LogP contribution in [-0.4, -0.2) is 36.1 Å². The molecule has 0 spiro atoms. The Hall–Kier alpha value is -0.0800. The van der Waals surface area contributed by atoms with E-state index >= 15 is 0 Å². The van der Waals surface area contributed by atoms with Crippen molar-refractivity contribution in [3.63, 3.8) is 0 Å². The summed E-state index contributed by atoms with van der Waals surface area (Å²) in [7, 11) is 0. The Morgan fingerprint density at radius 1 is 1.11 bits per heavy atom. The van der Waals surface area contributed by atoms with E-state index in [4.69, 9.17) is 0 Å². The van der Waals surface area contributed by atoms with Gasteiger partial charge in [-0.1, -0.05) is 27.7 Å². The van der Waals surface area contributed by atoms with Gasteiger partial charge in [0, 0.05) is 24.7 Å². The number of piperidine rings is 1. The normalized spacial score (nSPS) is 30.8. The van der Waals surface area contributed by atoms with Crippen molar-refractivity contribution in [2.24, 2.45) is 5.41 Å². The summed E-state index contributed by atoms with van der Waals surface area (Å²) in [5.41, 5.74) is 0.599. The number of hydrogen-bond acceptors (Lipinski definition) is 2. The molecule has 0 aromatic rings. The van der Waals surface area contributed by atoms with Crippen LogP contribution in [0.2, 0.25) is 0 Å². The highest BCUT2D eigenvalue weighted by Crippen LogP contribution is 2.37. The van der Waals surface area contributed by atoms with E-state index < -0.39 is 0 Å². The van der Waals surface area contributed by atoms with Gasteiger partial charge in [0.05, 0.1) is 0 Å². The summed E-state index contributed by atoms with van der Waals surface area (Å²) in [6, 6.07) is 2.23. The summed E-state index contributed by atoms with van der Waals surface area (Å²) >= 11 is 0. The Morgan fingerprint density at radius 3 is 2.39 bits per heavy atom. The van der Waals surface area contributed by atoms with Gasteiger partial charge in [0.15, 0.2) is 0 Å². The second kappa shape index (κ2) is 5.92. The number of nitrogens with one attached hydrogen (secondary N) is 1. The molecule has 0 bridgehead atoms. The fourth-order valence-corrected chi connectivity index (χ4v) is 3.69. The van der Waals surface area contributed by atoms with Crippen LogP contribution in [0.3, 0.4) is 0 Å². The average molecular weight is 252 g/mol. The van der Waals surface area contributed by atoms with Crippen molar-refractivity contribution in [2.75, 3.05) is 13.1 Å². The molecule has 1 saturated heterocycles. The minimum atomic E-state index is 0.599. The van der Waals surface area contributed by atoms with Gasteiger partial charge in [0.25, 0.3) is 0 Å². The van der Waals surface area contributed by atoms with Crippen LogP contribution in [0, 0.1) is 5.41 Å². The topological polar surface area (TPSA) is 15.3 Å². The van der Waals surface area contributed by atoms with Crippen molar-refractivity contribution in [2.45, 2.75) is 84.3 Å². The van der Waals surface area contributed by atoms with Crippen molar-refractivity contribution in [1.29, 1.82) is 0 Å². The molecule has 2 heteroatoms. The fourth-order valence-electron chi connectivity index (χ4n) is 3.69. The lowest BCUT2D eigenvalue weighted by atomic mass is 9.75. The maximum absolute atomic E-state index is 3.73. The molecule has 1 atom stereocenters. The van der Waals surface area contributed by atoms with Gasteiger partial charge >= 0.3 is 0 Å². The zero-order valence-electron chi connectivity index (χ0n) is 12.8. The molecule has 106 valence electrons. The predicted octanol–water partition coefficient (Wildman–Crippen LogP) is 3.42. The monoisotopic (exact) mass is 252 g/mol. The van der Waals surface area contributed by atoms with Gasteiger partial charge < -0.3 is 5.32 Å². The first-order valence-corrected chi connectivity index (χ1v) is 7.96. The third kappa shape index (κ3) is 3.96. The van der Waals surface area contributed by atoms with E-state index in [-0.39, 0.29) is 0 Å². The van der Waals surface area contributed by atoms with E-state index in [9.17, 15) is 0 Å². The minimum Gasteiger partial charge on any atom is -0.311 e. The fraction of sp³-hybridized carbons (Fsp3) is 1.00. The molecule has 1 aliphatic carbocycles. The zero-order chi connectivity index (χ0) is 13.2. The second-order valence-electron chi connectivity index (χ2n) is 7.55. The van der Waals surface area contributed by atoms with Crippen LogP contribution in [0.4, 0.5) is 0 Å². The van der Waals surface area contributed by atoms with Crippen molar-refractivity contribution in [3.8, 4) is 0 Å². The lowest BCUT2D eigenvalue weighted by molar-refractivity contribution is 0.0765. The first kappa shape index (κ1) is 14.3. The van der Waals surface area contributed by atoms with E-state index in [1.54, 1.807) is 0 Å². The van der Waals surface area contributed by atoms with E-state index in [2.05, 4.69) is 37.9 Å². The molecular formula is C16H32N2. The summed E-state index contributed by atoms with van der Waals surface area (Å²) < 4.78 is 0. The van der Waals surface area contributed by atoms with Gasteiger partial charge in [-0.3, -0.25) is 4.90 Å². The standard InChI is InChI=1S/C16H32N2/c1-13(2)17-14-6-5-11-18(12-14)15-7-9-16(3,4)10-8-15/h13-15,17H,5-12H2,1-4H3. The Morgan fingerprint density at radius 2 is 1.78 bits per heavy atom. The molecule has 1 aliphatic heterocycles. The molecule has 2 nitrogen and oxygen atoms in total. The van der Waals surface area contributed by atoms with Crippen LogP contribution in [0.15, 0.2) is 0 Å². The predicted molar refractivity (Wildman–Crippen MR) is 78.9 cm³/mol. The Bertz CT molecular complexity index is 250. The first-order chi connectivity index (χ1) is 8.46. The molecule has 1 heterocycles. The van der Waals surface area contributed by atoms with Gasteiger partial charge in [0.2, 0.25) is 0 Å². The van der Waals surface area contributed by atoms with E-state index in [0.29, 0.717) is 11.5 Å². The lowest BCUT2D eigenvalue weighted by Gasteiger charge is -2.44. The lowest BCUT2D eigenvalue weighted by Crippen LogP contribution is -2.52. The molecule has 18 heavy (non-hydrogen) atoms. The number of hydrogen-bond donors (Lipinski definition) is 1. The summed E-state index contributed by atoms with van der Waals surface area (Å²) in [5, 5.41) is 3.73. The summed E-state index contributed by atoms with van der Waals surface area (Å²) in [5.74, 6) is 0. The maximum atomic E-state index is 3.73. The molecule has 1 saturated carbocycles. The van der Waals surface area contributed by atoms with Crippen LogP contribution in [0.5, 0.6) is 0 Å². The molecule has 0 amide bonds. The molecule has 0 aromatic heterocycles. The molecular weight excluding hydrogens is 220 g/mol. The van der Waals surface area contributed by atoms with Crippen LogP contribution in [0.1, 0.15) is 66.2 Å². The van der Waals surface area contributed by atoms with Crippen molar-refractivity contribution in [1.82, 2.24) is 10.2 Å². The minimum absolute atomic E-state index is 0.599. The van der Waals surface area contributed by atoms with E-state index in [0.717, 1.165) is 12.1 Å². The first-order valence-electron chi connectivity index (χ1n) is 7.96. The highest BCUT2D eigenvalue weighted by molar-refractivity contribution is 4.88. The van der Waals surface area contributed by atoms with Crippen molar-refractivity contribution >= 4 is 0 Å². The Labute approximate surface area is 114 Å². The quantitative estimate of drug-likeness (QED) is 0.828.